The number of nitrogens with one attached hydrogen (secondary N) is 2. The first-order valence-corrected chi connectivity index (χ1v) is 13.3. The summed E-state index contributed by atoms with van der Waals surface area (Å²) < 4.78 is 24.1. The van der Waals surface area contributed by atoms with Crippen molar-refractivity contribution >= 4 is 33.0 Å². The van der Waals surface area contributed by atoms with Crippen LogP contribution in [0.4, 0.5) is 11.4 Å². The van der Waals surface area contributed by atoms with Crippen LogP contribution in [0.25, 0.3) is 0 Å². The van der Waals surface area contributed by atoms with Crippen molar-refractivity contribution in [3.8, 4) is 0 Å². The van der Waals surface area contributed by atoms with Crippen LogP contribution in [0.1, 0.15) is 63.9 Å². The molecule has 7 nitrogen and oxygen atoms in total. The molecule has 0 spiro atoms. The van der Waals surface area contributed by atoms with Gasteiger partial charge in [0, 0.05) is 29.9 Å². The largest absolute Gasteiger partial charge is 0.376 e. The van der Waals surface area contributed by atoms with Crippen molar-refractivity contribution in [3.63, 3.8) is 0 Å². The van der Waals surface area contributed by atoms with E-state index >= 15 is 0 Å². The van der Waals surface area contributed by atoms with Crippen molar-refractivity contribution in [2.75, 3.05) is 28.7 Å². The van der Waals surface area contributed by atoms with Gasteiger partial charge in [-0.25, -0.2) is 8.42 Å². The van der Waals surface area contributed by atoms with Crippen LogP contribution in [0, 0.1) is 6.92 Å². The first-order valence-electron chi connectivity index (χ1n) is 11.5. The SMILES string of the molecule is CCCC(=O)Nc1cccc(NCC(=O)N(C2CCCCC2)C2CCS(=O)(=O)C2)c1C. The summed E-state index contributed by atoms with van der Waals surface area (Å²) in [5.74, 6) is 0.173. The van der Waals surface area contributed by atoms with E-state index in [0.717, 1.165) is 49.0 Å². The number of hydrogen-bond acceptors (Lipinski definition) is 5. The summed E-state index contributed by atoms with van der Waals surface area (Å²) in [6.07, 6.45) is 7.01. The third-order valence-corrected chi connectivity index (χ3v) is 8.12. The Kier molecular flexibility index (Phi) is 7.97. The standard InChI is InChI=1S/C23H35N3O4S/c1-3-8-22(27)25-21-12-7-11-20(17(21)2)24-15-23(28)26(18-9-5-4-6-10-18)19-13-14-31(29,30)16-19/h7,11-12,18-19,24H,3-6,8-10,13-16H2,1-2H3,(H,25,27). The van der Waals surface area contributed by atoms with Crippen molar-refractivity contribution < 1.29 is 18.0 Å². The van der Waals surface area contributed by atoms with Crippen molar-refractivity contribution in [2.24, 2.45) is 0 Å². The number of nitrogens with zero attached hydrogens (tertiary/aromatic N) is 1. The Morgan fingerprint density at radius 1 is 1.06 bits per heavy atom. The van der Waals surface area contributed by atoms with Gasteiger partial charge in [-0.05, 0) is 50.3 Å². The van der Waals surface area contributed by atoms with Gasteiger partial charge in [-0.2, -0.15) is 0 Å². The number of benzene rings is 1. The maximum atomic E-state index is 13.3. The summed E-state index contributed by atoms with van der Waals surface area (Å²) >= 11 is 0. The fraction of sp³-hybridized carbons (Fsp3) is 0.652. The molecule has 2 aliphatic rings. The summed E-state index contributed by atoms with van der Waals surface area (Å²) in [6.45, 7) is 3.99. The molecule has 0 bridgehead atoms. The van der Waals surface area contributed by atoms with E-state index in [1.807, 2.05) is 36.9 Å². The van der Waals surface area contributed by atoms with E-state index in [2.05, 4.69) is 10.6 Å². The van der Waals surface area contributed by atoms with Gasteiger partial charge < -0.3 is 15.5 Å². The second-order valence-corrected chi connectivity index (χ2v) is 11.0. The summed E-state index contributed by atoms with van der Waals surface area (Å²) in [4.78, 5) is 27.1. The van der Waals surface area contributed by atoms with Crippen molar-refractivity contribution in [1.82, 2.24) is 4.90 Å². The van der Waals surface area contributed by atoms with Crippen molar-refractivity contribution in [3.05, 3.63) is 23.8 Å². The first-order chi connectivity index (χ1) is 14.8. The Balaban J connectivity index is 1.70. The second-order valence-electron chi connectivity index (χ2n) is 8.78. The molecule has 2 amide bonds. The normalized spacial score (nSPS) is 20.9. The van der Waals surface area contributed by atoms with Crippen LogP contribution < -0.4 is 10.6 Å². The molecule has 2 fully saturated rings. The zero-order valence-corrected chi connectivity index (χ0v) is 19.5. The molecule has 1 heterocycles. The molecule has 172 valence electrons. The number of anilines is 2. The molecule has 1 saturated carbocycles. The molecule has 8 heteroatoms. The van der Waals surface area contributed by atoms with Gasteiger partial charge in [0.15, 0.2) is 9.84 Å². The molecule has 1 aromatic rings. The molecule has 0 aromatic heterocycles. The number of hydrogen-bond donors (Lipinski definition) is 2. The number of carbonyl (C=O) groups is 2. The molecule has 31 heavy (non-hydrogen) atoms. The minimum absolute atomic E-state index is 0.0234. The van der Waals surface area contributed by atoms with E-state index in [1.54, 1.807) is 0 Å². The number of carbonyl (C=O) groups excluding carboxylic acids is 2. The Labute approximate surface area is 185 Å². The highest BCUT2D eigenvalue weighted by atomic mass is 32.2. The maximum Gasteiger partial charge on any atom is 0.242 e. The lowest BCUT2D eigenvalue weighted by Gasteiger charge is -2.38. The van der Waals surface area contributed by atoms with E-state index in [4.69, 9.17) is 0 Å². The minimum Gasteiger partial charge on any atom is -0.376 e. The zero-order valence-electron chi connectivity index (χ0n) is 18.7. The van der Waals surface area contributed by atoms with Gasteiger partial charge in [0.1, 0.15) is 0 Å². The van der Waals surface area contributed by atoms with E-state index < -0.39 is 9.84 Å². The van der Waals surface area contributed by atoms with Gasteiger partial charge in [-0.15, -0.1) is 0 Å². The Morgan fingerprint density at radius 3 is 2.42 bits per heavy atom. The fourth-order valence-electron chi connectivity index (χ4n) is 4.72. The molecule has 1 aromatic carbocycles. The van der Waals surface area contributed by atoms with E-state index in [-0.39, 0.29) is 41.9 Å². The second kappa shape index (κ2) is 10.5. The van der Waals surface area contributed by atoms with Gasteiger partial charge in [-0.1, -0.05) is 32.3 Å². The number of rotatable bonds is 8. The number of amides is 2. The van der Waals surface area contributed by atoms with Crippen LogP contribution in [-0.2, 0) is 19.4 Å². The molecule has 1 unspecified atom stereocenters. The van der Waals surface area contributed by atoms with E-state index in [1.165, 1.54) is 6.42 Å². The molecule has 1 aliphatic heterocycles. The van der Waals surface area contributed by atoms with Crippen LogP contribution >= 0.6 is 0 Å². The van der Waals surface area contributed by atoms with Crippen LogP contribution in [0.5, 0.6) is 0 Å². The molecule has 0 radical (unpaired) electrons. The number of sulfone groups is 1. The summed E-state index contributed by atoms with van der Waals surface area (Å²) in [5, 5.41) is 6.16. The molecule has 1 atom stereocenters. The summed E-state index contributed by atoms with van der Waals surface area (Å²) in [7, 11) is -3.06. The van der Waals surface area contributed by atoms with Gasteiger partial charge in [0.25, 0.3) is 0 Å². The van der Waals surface area contributed by atoms with E-state index in [9.17, 15) is 18.0 Å². The smallest absolute Gasteiger partial charge is 0.242 e. The van der Waals surface area contributed by atoms with Gasteiger partial charge >= 0.3 is 0 Å². The lowest BCUT2D eigenvalue weighted by molar-refractivity contribution is -0.134. The molecule has 1 saturated heterocycles. The minimum atomic E-state index is -3.06. The third-order valence-electron chi connectivity index (χ3n) is 6.37. The monoisotopic (exact) mass is 449 g/mol. The third kappa shape index (κ3) is 6.21. The summed E-state index contributed by atoms with van der Waals surface area (Å²) in [6, 6.07) is 5.51. The molecular weight excluding hydrogens is 414 g/mol. The molecule has 1 aliphatic carbocycles. The first kappa shape index (κ1) is 23.6. The lowest BCUT2D eigenvalue weighted by atomic mass is 9.93. The average molecular weight is 450 g/mol. The molecule has 2 N–H and O–H groups in total. The van der Waals surface area contributed by atoms with Gasteiger partial charge in [0.2, 0.25) is 11.8 Å². The van der Waals surface area contributed by atoms with Crippen LogP contribution in [0.3, 0.4) is 0 Å². The van der Waals surface area contributed by atoms with Crippen molar-refractivity contribution in [1.29, 1.82) is 0 Å². The quantitative estimate of drug-likeness (QED) is 0.633. The lowest BCUT2D eigenvalue weighted by Crippen LogP contribution is -2.50. The van der Waals surface area contributed by atoms with Crippen molar-refractivity contribution in [2.45, 2.75) is 77.3 Å². The van der Waals surface area contributed by atoms with Gasteiger partial charge in [-0.3, -0.25) is 9.59 Å². The highest BCUT2D eigenvalue weighted by Crippen LogP contribution is 2.29. The molecular formula is C23H35N3O4S. The van der Waals surface area contributed by atoms with Gasteiger partial charge in [0.05, 0.1) is 18.1 Å². The Bertz CT molecular complexity index is 894. The highest BCUT2D eigenvalue weighted by molar-refractivity contribution is 7.91. The van der Waals surface area contributed by atoms with E-state index in [0.29, 0.717) is 12.8 Å². The topological polar surface area (TPSA) is 95.6 Å². The zero-order chi connectivity index (χ0) is 22.4. The predicted molar refractivity (Wildman–Crippen MR) is 124 cm³/mol. The Hall–Kier alpha value is -2.09. The average Bonchev–Trinajstić information content (AvgIpc) is 3.09. The maximum absolute atomic E-state index is 13.3. The van der Waals surface area contributed by atoms with Crippen LogP contribution in [0.15, 0.2) is 18.2 Å². The Morgan fingerprint density at radius 2 is 1.77 bits per heavy atom. The predicted octanol–water partition coefficient (Wildman–Crippen LogP) is 3.49. The van der Waals surface area contributed by atoms with Crippen LogP contribution in [-0.4, -0.2) is 55.3 Å². The fourth-order valence-corrected chi connectivity index (χ4v) is 6.44. The highest BCUT2D eigenvalue weighted by Gasteiger charge is 2.38. The molecule has 3 rings (SSSR count). The van der Waals surface area contributed by atoms with Crippen LogP contribution in [0.2, 0.25) is 0 Å². The summed E-state index contributed by atoms with van der Waals surface area (Å²) in [5.41, 5.74) is 2.42.